The van der Waals surface area contributed by atoms with E-state index in [9.17, 15) is 22.4 Å². The summed E-state index contributed by atoms with van der Waals surface area (Å²) in [6, 6.07) is 2.06. The SMILES string of the molecule is Cc1nc2c(-c3cc(C(F)(F)F)ccc3F)nc(N3CCO[C@H](c4cnn(C)c4)C3)nc2c(=O)n1C. The van der Waals surface area contributed by atoms with Crippen LogP contribution in [-0.2, 0) is 25.0 Å². The molecule has 0 saturated carbocycles. The van der Waals surface area contributed by atoms with Gasteiger partial charge in [0, 0.05) is 38.0 Å². The zero-order valence-electron chi connectivity index (χ0n) is 19.5. The molecule has 0 unspecified atom stereocenters. The number of hydrogen-bond donors (Lipinski definition) is 0. The molecule has 13 heteroatoms. The van der Waals surface area contributed by atoms with Crippen molar-refractivity contribution in [2.75, 3.05) is 24.6 Å². The molecule has 1 aliphatic heterocycles. The third-order valence-corrected chi connectivity index (χ3v) is 6.13. The number of fused-ring (bicyclic) bond motifs is 1. The van der Waals surface area contributed by atoms with Gasteiger partial charge in [-0.05, 0) is 25.1 Å². The minimum Gasteiger partial charge on any atom is -0.370 e. The van der Waals surface area contributed by atoms with Gasteiger partial charge in [0.25, 0.3) is 5.56 Å². The van der Waals surface area contributed by atoms with Crippen LogP contribution < -0.4 is 10.5 Å². The largest absolute Gasteiger partial charge is 0.416 e. The second kappa shape index (κ2) is 8.66. The van der Waals surface area contributed by atoms with Gasteiger partial charge in [-0.1, -0.05) is 0 Å². The Morgan fingerprint density at radius 2 is 1.89 bits per heavy atom. The van der Waals surface area contributed by atoms with Crippen molar-refractivity contribution in [3.05, 3.63) is 63.7 Å². The van der Waals surface area contributed by atoms with Crippen molar-refractivity contribution in [3.63, 3.8) is 0 Å². The summed E-state index contributed by atoms with van der Waals surface area (Å²) in [7, 11) is 3.28. The predicted octanol–water partition coefficient (Wildman–Crippen LogP) is 3.17. The lowest BCUT2D eigenvalue weighted by molar-refractivity contribution is -0.137. The van der Waals surface area contributed by atoms with E-state index in [4.69, 9.17) is 4.74 Å². The average Bonchev–Trinajstić information content (AvgIpc) is 3.28. The lowest BCUT2D eigenvalue weighted by Gasteiger charge is -2.32. The summed E-state index contributed by atoms with van der Waals surface area (Å²) in [5, 5.41) is 4.15. The number of anilines is 1. The Bertz CT molecular complexity index is 1530. The smallest absolute Gasteiger partial charge is 0.370 e. The van der Waals surface area contributed by atoms with Gasteiger partial charge >= 0.3 is 6.18 Å². The van der Waals surface area contributed by atoms with Gasteiger partial charge in [-0.3, -0.25) is 14.0 Å². The summed E-state index contributed by atoms with van der Waals surface area (Å²) >= 11 is 0. The Morgan fingerprint density at radius 1 is 1.11 bits per heavy atom. The van der Waals surface area contributed by atoms with Crippen molar-refractivity contribution in [2.45, 2.75) is 19.2 Å². The monoisotopic (exact) mass is 503 g/mol. The average molecular weight is 503 g/mol. The lowest BCUT2D eigenvalue weighted by atomic mass is 10.1. The minimum atomic E-state index is -4.70. The van der Waals surface area contributed by atoms with E-state index in [1.165, 1.54) is 11.6 Å². The number of benzene rings is 1. The molecule has 1 saturated heterocycles. The molecule has 188 valence electrons. The Labute approximate surface area is 202 Å². The molecule has 3 aromatic heterocycles. The lowest BCUT2D eigenvalue weighted by Crippen LogP contribution is -2.39. The van der Waals surface area contributed by atoms with E-state index in [0.29, 0.717) is 31.8 Å². The quantitative estimate of drug-likeness (QED) is 0.397. The summed E-state index contributed by atoms with van der Waals surface area (Å²) in [4.78, 5) is 28.0. The molecule has 0 radical (unpaired) electrons. The molecule has 1 fully saturated rings. The highest BCUT2D eigenvalue weighted by molar-refractivity contribution is 5.90. The van der Waals surface area contributed by atoms with Gasteiger partial charge < -0.3 is 9.64 Å². The zero-order valence-corrected chi connectivity index (χ0v) is 19.5. The number of aromatic nitrogens is 6. The van der Waals surface area contributed by atoms with Crippen LogP contribution in [0.5, 0.6) is 0 Å². The number of morpholine rings is 1. The Balaban J connectivity index is 1.70. The van der Waals surface area contributed by atoms with Gasteiger partial charge in [0.05, 0.1) is 24.9 Å². The van der Waals surface area contributed by atoms with Gasteiger partial charge in [0.15, 0.2) is 5.52 Å². The first-order valence-electron chi connectivity index (χ1n) is 11.0. The molecular weight excluding hydrogens is 482 g/mol. The summed E-state index contributed by atoms with van der Waals surface area (Å²) < 4.78 is 64.0. The molecule has 0 amide bonds. The van der Waals surface area contributed by atoms with Crippen molar-refractivity contribution >= 4 is 17.0 Å². The Hall–Kier alpha value is -3.87. The van der Waals surface area contributed by atoms with E-state index < -0.39 is 28.7 Å². The van der Waals surface area contributed by atoms with E-state index in [1.54, 1.807) is 35.9 Å². The Kier molecular flexibility index (Phi) is 5.74. The molecular formula is C23H21F4N7O2. The second-order valence-electron chi connectivity index (χ2n) is 8.54. The third kappa shape index (κ3) is 4.19. The molecule has 0 aliphatic carbocycles. The summed E-state index contributed by atoms with van der Waals surface area (Å²) in [5.74, 6) is -0.584. The van der Waals surface area contributed by atoms with Crippen LogP contribution in [0.4, 0.5) is 23.5 Å². The first kappa shape index (κ1) is 23.9. The molecule has 0 N–H and O–H groups in total. The second-order valence-corrected chi connectivity index (χ2v) is 8.54. The normalized spacial score (nSPS) is 16.6. The molecule has 4 heterocycles. The molecule has 5 rings (SSSR count). The first-order chi connectivity index (χ1) is 17.0. The molecule has 1 atom stereocenters. The van der Waals surface area contributed by atoms with Crippen LogP contribution in [-0.4, -0.2) is 49.0 Å². The Morgan fingerprint density at radius 3 is 2.58 bits per heavy atom. The maximum absolute atomic E-state index is 14.9. The van der Waals surface area contributed by atoms with Crippen LogP contribution in [0, 0.1) is 12.7 Å². The molecule has 1 aliphatic rings. The molecule has 4 aromatic rings. The highest BCUT2D eigenvalue weighted by atomic mass is 19.4. The van der Waals surface area contributed by atoms with Crippen LogP contribution in [0.15, 0.2) is 35.4 Å². The summed E-state index contributed by atoms with van der Waals surface area (Å²) in [6.07, 6.45) is -1.60. The topological polar surface area (TPSA) is 91.0 Å². The van der Waals surface area contributed by atoms with E-state index in [0.717, 1.165) is 11.6 Å². The number of aryl methyl sites for hydroxylation is 2. The van der Waals surface area contributed by atoms with Crippen molar-refractivity contribution in [3.8, 4) is 11.3 Å². The standard InChI is InChI=1S/C23H21F4N7O2/c1-12-29-19-18(15-8-14(23(25,26)27)4-5-16(15)24)30-22(31-20(19)21(35)33(12)3)34-6-7-36-17(11-34)13-9-28-32(2)10-13/h4-5,8-10,17H,6-7,11H2,1-3H3/t17-/m0/s1. The van der Waals surface area contributed by atoms with Crippen LogP contribution in [0.1, 0.15) is 23.1 Å². The zero-order chi connectivity index (χ0) is 25.8. The van der Waals surface area contributed by atoms with Crippen LogP contribution in [0.3, 0.4) is 0 Å². The summed E-state index contributed by atoms with van der Waals surface area (Å²) in [5.41, 5.74) is -1.55. The van der Waals surface area contributed by atoms with Gasteiger partial charge in [-0.25, -0.2) is 19.3 Å². The predicted molar refractivity (Wildman–Crippen MR) is 122 cm³/mol. The fourth-order valence-corrected chi connectivity index (χ4v) is 4.09. The maximum atomic E-state index is 14.9. The van der Waals surface area contributed by atoms with E-state index in [2.05, 4.69) is 20.1 Å². The van der Waals surface area contributed by atoms with Gasteiger partial charge in [0.2, 0.25) is 5.95 Å². The summed E-state index contributed by atoms with van der Waals surface area (Å²) in [6.45, 7) is 2.51. The third-order valence-electron chi connectivity index (χ3n) is 6.13. The van der Waals surface area contributed by atoms with Gasteiger partial charge in [0.1, 0.15) is 29.0 Å². The van der Waals surface area contributed by atoms with E-state index in [1.807, 2.05) is 0 Å². The number of rotatable bonds is 3. The molecule has 0 spiro atoms. The number of hydrogen-bond acceptors (Lipinski definition) is 7. The van der Waals surface area contributed by atoms with Crippen LogP contribution in [0.25, 0.3) is 22.3 Å². The highest BCUT2D eigenvalue weighted by Crippen LogP contribution is 2.35. The van der Waals surface area contributed by atoms with Crippen molar-refractivity contribution in [1.29, 1.82) is 0 Å². The number of ether oxygens (including phenoxy) is 1. The maximum Gasteiger partial charge on any atom is 0.416 e. The molecule has 9 nitrogen and oxygen atoms in total. The van der Waals surface area contributed by atoms with Crippen LogP contribution in [0.2, 0.25) is 0 Å². The number of nitrogens with zero attached hydrogens (tertiary/aromatic N) is 7. The molecule has 0 bridgehead atoms. The van der Waals surface area contributed by atoms with Crippen LogP contribution >= 0.6 is 0 Å². The fourth-order valence-electron chi connectivity index (χ4n) is 4.09. The van der Waals surface area contributed by atoms with Gasteiger partial charge in [-0.15, -0.1) is 0 Å². The number of halogens is 4. The molecule has 36 heavy (non-hydrogen) atoms. The minimum absolute atomic E-state index is 0.0641. The fraction of sp³-hybridized carbons (Fsp3) is 0.348. The molecule has 1 aromatic carbocycles. The van der Waals surface area contributed by atoms with Crippen molar-refractivity contribution in [2.24, 2.45) is 14.1 Å². The number of alkyl halides is 3. The van der Waals surface area contributed by atoms with Crippen molar-refractivity contribution in [1.82, 2.24) is 29.3 Å². The van der Waals surface area contributed by atoms with Gasteiger partial charge in [-0.2, -0.15) is 18.3 Å². The van der Waals surface area contributed by atoms with E-state index in [-0.39, 0.29) is 34.6 Å². The first-order valence-corrected chi connectivity index (χ1v) is 11.0. The highest BCUT2D eigenvalue weighted by Gasteiger charge is 2.32. The van der Waals surface area contributed by atoms with E-state index >= 15 is 0 Å². The van der Waals surface area contributed by atoms with Crippen molar-refractivity contribution < 1.29 is 22.3 Å².